The number of nitrogens with zero attached hydrogens (tertiary/aromatic N) is 2. The third kappa shape index (κ3) is 4.59. The van der Waals surface area contributed by atoms with E-state index in [4.69, 9.17) is 9.47 Å². The van der Waals surface area contributed by atoms with E-state index in [1.807, 2.05) is 25.8 Å². The van der Waals surface area contributed by atoms with Crippen LogP contribution in [0.1, 0.15) is 27.7 Å². The molecule has 29 heavy (non-hydrogen) atoms. The molecule has 3 heterocycles. The van der Waals surface area contributed by atoms with E-state index in [1.165, 1.54) is 14.2 Å². The second-order valence-electron chi connectivity index (χ2n) is 9.35. The molecule has 0 amide bonds. The smallest absolute Gasteiger partial charge is 0.323 e. The number of fused-ring (bicyclic) bond motifs is 1. The summed E-state index contributed by atoms with van der Waals surface area (Å²) in [6.07, 6.45) is -0.502. The number of aliphatic hydroxyl groups excluding tert-OH is 1. The first-order chi connectivity index (χ1) is 13.3. The molecule has 0 bridgehead atoms. The van der Waals surface area contributed by atoms with Gasteiger partial charge in [0.05, 0.1) is 37.6 Å². The highest BCUT2D eigenvalue weighted by molar-refractivity contribution is 5.77. The minimum Gasteiger partial charge on any atom is -0.468 e. The zero-order chi connectivity index (χ0) is 22.3. The van der Waals surface area contributed by atoms with Gasteiger partial charge in [-0.3, -0.25) is 19.4 Å². The molecule has 9 heteroatoms. The van der Waals surface area contributed by atoms with Crippen molar-refractivity contribution in [3.63, 3.8) is 0 Å². The Balaban J connectivity index is 0.000000207. The quantitative estimate of drug-likeness (QED) is 0.588. The summed E-state index contributed by atoms with van der Waals surface area (Å²) >= 11 is 0. The lowest BCUT2D eigenvalue weighted by Crippen LogP contribution is -2.59. The molecular weight excluding hydrogens is 380 g/mol. The van der Waals surface area contributed by atoms with Crippen molar-refractivity contribution in [2.24, 2.45) is 11.8 Å². The Hall–Kier alpha value is -1.26. The van der Waals surface area contributed by atoms with E-state index in [9.17, 15) is 19.8 Å². The Kier molecular flexibility index (Phi) is 7.01. The standard InChI is InChI=1S/C10H19NO4.C10H17NO3/c1-10(2,14)7-6(12)5-11(3)8(7)9(13)15-4;1-10(2)7-6(14-10)5-11(3)8(7)9(12)13-4/h6-8,12,14H,5H2,1-4H3;6-8H,5H2,1-4H3/t2*6-,7-,8-/m00/s1. The number of likely N-dealkylation sites (N-methyl/N-ethyl adjacent to an activating group) is 2. The van der Waals surface area contributed by atoms with Gasteiger partial charge in [-0.1, -0.05) is 0 Å². The first-order valence-electron chi connectivity index (χ1n) is 9.90. The van der Waals surface area contributed by atoms with Gasteiger partial charge in [-0.25, -0.2) is 0 Å². The van der Waals surface area contributed by atoms with Crippen LogP contribution >= 0.6 is 0 Å². The molecule has 0 aromatic carbocycles. The van der Waals surface area contributed by atoms with Crippen molar-refractivity contribution < 1.29 is 34.0 Å². The van der Waals surface area contributed by atoms with Crippen LogP contribution < -0.4 is 0 Å². The molecule has 0 aromatic rings. The van der Waals surface area contributed by atoms with Gasteiger partial charge in [-0.05, 0) is 41.8 Å². The lowest BCUT2D eigenvalue weighted by atomic mass is 9.77. The largest absolute Gasteiger partial charge is 0.468 e. The van der Waals surface area contributed by atoms with Gasteiger partial charge in [0.15, 0.2) is 0 Å². The van der Waals surface area contributed by atoms with Crippen LogP contribution in [0.4, 0.5) is 0 Å². The number of hydrogen-bond acceptors (Lipinski definition) is 9. The topological polar surface area (TPSA) is 109 Å². The van der Waals surface area contributed by atoms with E-state index < -0.39 is 29.6 Å². The van der Waals surface area contributed by atoms with Gasteiger partial charge in [0.25, 0.3) is 0 Å². The van der Waals surface area contributed by atoms with Crippen LogP contribution in [-0.4, -0.2) is 109 Å². The summed E-state index contributed by atoms with van der Waals surface area (Å²) in [6.45, 7) is 8.45. The average molecular weight is 417 g/mol. The highest BCUT2D eigenvalue weighted by atomic mass is 16.5. The summed E-state index contributed by atoms with van der Waals surface area (Å²) in [5, 5.41) is 19.7. The van der Waals surface area contributed by atoms with Gasteiger partial charge in [-0.15, -0.1) is 0 Å². The summed E-state index contributed by atoms with van der Waals surface area (Å²) in [6, 6.07) is -0.709. The maximum absolute atomic E-state index is 11.6. The van der Waals surface area contributed by atoms with Gasteiger partial charge < -0.3 is 24.4 Å². The number of carbonyl (C=O) groups is 2. The van der Waals surface area contributed by atoms with Crippen molar-refractivity contribution in [3.05, 3.63) is 0 Å². The summed E-state index contributed by atoms with van der Waals surface area (Å²) < 4.78 is 15.2. The molecule has 0 spiro atoms. The third-order valence-corrected chi connectivity index (χ3v) is 6.35. The maximum Gasteiger partial charge on any atom is 0.323 e. The van der Waals surface area contributed by atoms with Gasteiger partial charge in [-0.2, -0.15) is 0 Å². The van der Waals surface area contributed by atoms with Crippen molar-refractivity contribution in [2.75, 3.05) is 41.4 Å². The Morgan fingerprint density at radius 1 is 1.03 bits per heavy atom. The highest BCUT2D eigenvalue weighted by Gasteiger charge is 2.60. The second-order valence-corrected chi connectivity index (χ2v) is 9.35. The molecule has 6 atom stereocenters. The molecule has 2 N–H and O–H groups in total. The number of likely N-dealkylation sites (tertiary alicyclic amines) is 2. The van der Waals surface area contributed by atoms with Crippen LogP contribution in [0.25, 0.3) is 0 Å². The lowest BCUT2D eigenvalue weighted by Gasteiger charge is -2.48. The van der Waals surface area contributed by atoms with E-state index in [0.29, 0.717) is 6.54 Å². The van der Waals surface area contributed by atoms with Crippen molar-refractivity contribution in [3.8, 4) is 0 Å². The van der Waals surface area contributed by atoms with E-state index in [-0.39, 0.29) is 29.6 Å². The fourth-order valence-corrected chi connectivity index (χ4v) is 5.08. The molecule has 3 aliphatic heterocycles. The van der Waals surface area contributed by atoms with Gasteiger partial charge in [0.1, 0.15) is 12.1 Å². The normalized spacial score (nSPS) is 36.5. The molecule has 168 valence electrons. The van der Waals surface area contributed by atoms with Crippen molar-refractivity contribution in [2.45, 2.75) is 63.2 Å². The van der Waals surface area contributed by atoms with Crippen LogP contribution in [0, 0.1) is 11.8 Å². The SMILES string of the molecule is COC(=O)[C@@H]1[C@@H](C(C)(C)O)[C@@H](O)CN1C.COC(=O)[C@@H]1[C@@H]2[C@H](CN1C)OC2(C)C. The lowest BCUT2D eigenvalue weighted by molar-refractivity contribution is -0.228. The first kappa shape index (κ1) is 24.0. The van der Waals surface area contributed by atoms with Gasteiger partial charge in [0, 0.05) is 24.9 Å². The fraction of sp³-hybridized carbons (Fsp3) is 0.900. The second kappa shape index (κ2) is 8.47. The number of esters is 2. The number of methoxy groups -OCH3 is 2. The van der Waals surface area contributed by atoms with E-state index >= 15 is 0 Å². The monoisotopic (exact) mass is 416 g/mol. The minimum absolute atomic E-state index is 0.131. The van der Waals surface area contributed by atoms with Crippen LogP contribution in [0.3, 0.4) is 0 Å². The number of rotatable bonds is 3. The van der Waals surface area contributed by atoms with E-state index in [0.717, 1.165) is 6.54 Å². The zero-order valence-corrected chi connectivity index (χ0v) is 18.7. The minimum atomic E-state index is -1.11. The predicted molar refractivity (Wildman–Crippen MR) is 105 cm³/mol. The Morgan fingerprint density at radius 2 is 1.52 bits per heavy atom. The Bertz CT molecular complexity index is 618. The molecule has 0 aliphatic carbocycles. The molecule has 3 saturated heterocycles. The molecule has 3 aliphatic rings. The number of hydrogen-bond donors (Lipinski definition) is 2. The molecule has 0 radical (unpaired) electrons. The number of ether oxygens (including phenoxy) is 3. The highest BCUT2D eigenvalue weighted by Crippen LogP contribution is 2.46. The number of β-amino-alcohol motifs (C(OH)–C–C–N with tert-alkyl or cyclic N) is 1. The third-order valence-electron chi connectivity index (χ3n) is 6.35. The van der Waals surface area contributed by atoms with Crippen LogP contribution in [-0.2, 0) is 23.8 Å². The number of aliphatic hydroxyl groups is 2. The van der Waals surface area contributed by atoms with Crippen molar-refractivity contribution >= 4 is 11.9 Å². The van der Waals surface area contributed by atoms with Crippen molar-refractivity contribution in [1.29, 1.82) is 0 Å². The van der Waals surface area contributed by atoms with Crippen LogP contribution in [0.2, 0.25) is 0 Å². The van der Waals surface area contributed by atoms with E-state index in [2.05, 4.69) is 4.74 Å². The molecule has 0 unspecified atom stereocenters. The summed E-state index contributed by atoms with van der Waals surface area (Å²) in [4.78, 5) is 26.9. The molecule has 9 nitrogen and oxygen atoms in total. The van der Waals surface area contributed by atoms with Crippen LogP contribution in [0.15, 0.2) is 0 Å². The summed E-state index contributed by atoms with van der Waals surface area (Å²) in [7, 11) is 6.42. The Labute approximate surface area is 172 Å². The molecular formula is C20H36N2O7. The average Bonchev–Trinajstić information content (AvgIpc) is 3.07. The zero-order valence-electron chi connectivity index (χ0n) is 18.7. The molecule has 0 saturated carbocycles. The maximum atomic E-state index is 11.6. The van der Waals surface area contributed by atoms with Crippen LogP contribution in [0.5, 0.6) is 0 Å². The van der Waals surface area contributed by atoms with Gasteiger partial charge >= 0.3 is 11.9 Å². The summed E-state index contributed by atoms with van der Waals surface area (Å²) in [5.41, 5.74) is -1.29. The van der Waals surface area contributed by atoms with Crippen molar-refractivity contribution in [1.82, 2.24) is 9.80 Å². The first-order valence-corrected chi connectivity index (χ1v) is 9.90. The summed E-state index contributed by atoms with van der Waals surface area (Å²) in [5.74, 6) is -0.799. The molecule has 3 rings (SSSR count). The molecule has 0 aromatic heterocycles. The predicted octanol–water partition coefficient (Wildman–Crippen LogP) is -0.512. The fourth-order valence-electron chi connectivity index (χ4n) is 5.08. The van der Waals surface area contributed by atoms with Gasteiger partial charge in [0.2, 0.25) is 0 Å². The van der Waals surface area contributed by atoms with E-state index in [1.54, 1.807) is 25.8 Å². The molecule has 3 fully saturated rings. The Morgan fingerprint density at radius 3 is 1.97 bits per heavy atom. The number of carbonyl (C=O) groups excluding carboxylic acids is 2.